The van der Waals surface area contributed by atoms with E-state index < -0.39 is 0 Å². The first-order chi connectivity index (χ1) is 11.5. The molecule has 0 aliphatic rings. The summed E-state index contributed by atoms with van der Waals surface area (Å²) in [5, 5.41) is 12.4. The molecule has 5 nitrogen and oxygen atoms in total. The molecule has 0 heterocycles. The summed E-state index contributed by atoms with van der Waals surface area (Å²) in [5.41, 5.74) is 0.888. The van der Waals surface area contributed by atoms with E-state index in [1.165, 1.54) is 7.11 Å². The number of benzene rings is 1. The van der Waals surface area contributed by atoms with Gasteiger partial charge in [0.05, 0.1) is 20.0 Å². The monoisotopic (exact) mass is 335 g/mol. The average Bonchev–Trinajstić information content (AvgIpc) is 2.56. The van der Waals surface area contributed by atoms with Gasteiger partial charge in [0, 0.05) is 19.4 Å². The number of ether oxygens (including phenoxy) is 2. The van der Waals surface area contributed by atoms with E-state index in [2.05, 4.69) is 25.2 Å². The van der Waals surface area contributed by atoms with Crippen LogP contribution in [0.15, 0.2) is 30.0 Å². The SMILES string of the molecule is CO/C(=C\C(C)C)CCCCC(=O)NCc1ccc(O)c(OC)c1. The molecule has 0 aliphatic heterocycles. The van der Waals surface area contributed by atoms with Crippen molar-refractivity contribution in [2.24, 2.45) is 5.92 Å². The van der Waals surface area contributed by atoms with Gasteiger partial charge in [-0.25, -0.2) is 0 Å². The zero-order valence-electron chi connectivity index (χ0n) is 15.1. The molecule has 0 unspecified atom stereocenters. The van der Waals surface area contributed by atoms with Crippen LogP contribution in [0.4, 0.5) is 0 Å². The van der Waals surface area contributed by atoms with Crippen molar-refractivity contribution in [1.82, 2.24) is 5.32 Å². The van der Waals surface area contributed by atoms with Gasteiger partial charge in [0.25, 0.3) is 0 Å². The van der Waals surface area contributed by atoms with Crippen molar-refractivity contribution in [3.63, 3.8) is 0 Å². The van der Waals surface area contributed by atoms with Crippen molar-refractivity contribution in [3.05, 3.63) is 35.6 Å². The zero-order valence-corrected chi connectivity index (χ0v) is 15.1. The summed E-state index contributed by atoms with van der Waals surface area (Å²) in [7, 11) is 3.19. The maximum Gasteiger partial charge on any atom is 0.220 e. The first kappa shape index (κ1) is 19.9. The van der Waals surface area contributed by atoms with Gasteiger partial charge in [0.2, 0.25) is 5.91 Å². The minimum atomic E-state index is 0.0221. The molecular formula is C19H29NO4. The van der Waals surface area contributed by atoms with Crippen molar-refractivity contribution in [3.8, 4) is 11.5 Å². The lowest BCUT2D eigenvalue weighted by molar-refractivity contribution is -0.121. The number of amides is 1. The van der Waals surface area contributed by atoms with Gasteiger partial charge >= 0.3 is 0 Å². The second-order valence-corrected chi connectivity index (χ2v) is 6.07. The Labute approximate surface area is 144 Å². The number of phenols is 1. The molecule has 0 saturated heterocycles. The van der Waals surface area contributed by atoms with Crippen LogP contribution in [0.5, 0.6) is 11.5 Å². The number of rotatable bonds is 10. The number of carbonyl (C=O) groups is 1. The van der Waals surface area contributed by atoms with Gasteiger partial charge in [-0.2, -0.15) is 0 Å². The van der Waals surface area contributed by atoms with Crippen molar-refractivity contribution in [1.29, 1.82) is 0 Å². The third-order valence-electron chi connectivity index (χ3n) is 3.59. The average molecular weight is 335 g/mol. The lowest BCUT2D eigenvalue weighted by atomic mass is 10.1. The Morgan fingerprint density at radius 1 is 1.25 bits per heavy atom. The van der Waals surface area contributed by atoms with Crippen LogP contribution in [0.1, 0.15) is 45.1 Å². The van der Waals surface area contributed by atoms with Crippen molar-refractivity contribution in [2.45, 2.75) is 46.1 Å². The van der Waals surface area contributed by atoms with Gasteiger partial charge in [0.15, 0.2) is 11.5 Å². The standard InChI is InChI=1S/C19H29NO4/c1-14(2)11-16(23-3)7-5-6-8-19(22)20-13-15-9-10-17(21)18(12-15)24-4/h9-12,14,21H,5-8,13H2,1-4H3,(H,20,22)/b16-11-. The summed E-state index contributed by atoms with van der Waals surface area (Å²) in [6, 6.07) is 5.05. The largest absolute Gasteiger partial charge is 0.504 e. The number of allylic oxidation sites excluding steroid dienone is 2. The second-order valence-electron chi connectivity index (χ2n) is 6.07. The highest BCUT2D eigenvalue weighted by Crippen LogP contribution is 2.26. The van der Waals surface area contributed by atoms with E-state index in [9.17, 15) is 9.90 Å². The number of carbonyl (C=O) groups excluding carboxylic acids is 1. The normalized spacial score (nSPS) is 11.5. The van der Waals surface area contributed by atoms with Gasteiger partial charge in [0.1, 0.15) is 0 Å². The lowest BCUT2D eigenvalue weighted by Gasteiger charge is -2.09. The Hall–Kier alpha value is -2.17. The molecule has 1 aromatic carbocycles. The molecule has 0 fully saturated rings. The van der Waals surface area contributed by atoms with Crippen LogP contribution in [-0.2, 0) is 16.1 Å². The van der Waals surface area contributed by atoms with Crippen LogP contribution < -0.4 is 10.1 Å². The maximum atomic E-state index is 11.9. The number of hydrogen-bond acceptors (Lipinski definition) is 4. The van der Waals surface area contributed by atoms with Crippen molar-refractivity contribution < 1.29 is 19.4 Å². The Kier molecular flexibility index (Phi) is 8.76. The molecule has 0 saturated carbocycles. The molecule has 0 radical (unpaired) electrons. The molecule has 0 aliphatic carbocycles. The molecular weight excluding hydrogens is 306 g/mol. The van der Waals surface area contributed by atoms with Crippen LogP contribution in [0.2, 0.25) is 0 Å². The Bertz CT molecular complexity index is 552. The Morgan fingerprint density at radius 3 is 2.58 bits per heavy atom. The minimum absolute atomic E-state index is 0.0221. The van der Waals surface area contributed by atoms with Crippen molar-refractivity contribution >= 4 is 5.91 Å². The fourth-order valence-corrected chi connectivity index (χ4v) is 2.33. The zero-order chi connectivity index (χ0) is 17.9. The van der Waals surface area contributed by atoms with E-state index in [0.29, 0.717) is 24.6 Å². The number of methoxy groups -OCH3 is 2. The molecule has 5 heteroatoms. The number of nitrogens with one attached hydrogen (secondary N) is 1. The number of phenolic OH excluding ortho intramolecular Hbond substituents is 1. The highest BCUT2D eigenvalue weighted by Gasteiger charge is 2.06. The maximum absolute atomic E-state index is 11.9. The summed E-state index contributed by atoms with van der Waals surface area (Å²) in [4.78, 5) is 11.9. The van der Waals surface area contributed by atoms with Crippen LogP contribution in [0, 0.1) is 5.92 Å². The van der Waals surface area contributed by atoms with Gasteiger partial charge in [-0.1, -0.05) is 19.9 Å². The highest BCUT2D eigenvalue weighted by atomic mass is 16.5. The van der Waals surface area contributed by atoms with E-state index in [-0.39, 0.29) is 11.7 Å². The van der Waals surface area contributed by atoms with Crippen molar-refractivity contribution in [2.75, 3.05) is 14.2 Å². The smallest absolute Gasteiger partial charge is 0.220 e. The van der Waals surface area contributed by atoms with Gasteiger partial charge in [-0.15, -0.1) is 0 Å². The van der Waals surface area contributed by atoms with E-state index in [1.807, 2.05) is 0 Å². The molecule has 0 spiro atoms. The lowest BCUT2D eigenvalue weighted by Crippen LogP contribution is -2.22. The third-order valence-corrected chi connectivity index (χ3v) is 3.59. The molecule has 24 heavy (non-hydrogen) atoms. The first-order valence-corrected chi connectivity index (χ1v) is 8.33. The third kappa shape index (κ3) is 7.40. The number of aromatic hydroxyl groups is 1. The molecule has 0 atom stereocenters. The van der Waals surface area contributed by atoms with E-state index in [4.69, 9.17) is 9.47 Å². The summed E-state index contributed by atoms with van der Waals surface area (Å²) in [6.45, 7) is 4.65. The molecule has 1 amide bonds. The quantitative estimate of drug-likeness (QED) is 0.504. The van der Waals surface area contributed by atoms with Crippen LogP contribution in [0.25, 0.3) is 0 Å². The molecule has 1 aromatic rings. The Morgan fingerprint density at radius 2 is 1.96 bits per heavy atom. The summed E-state index contributed by atoms with van der Waals surface area (Å²) in [6.07, 6.45) is 5.21. The van der Waals surface area contributed by atoms with Gasteiger partial charge in [-0.05, 0) is 42.5 Å². The fourth-order valence-electron chi connectivity index (χ4n) is 2.33. The number of hydrogen-bond donors (Lipinski definition) is 2. The summed E-state index contributed by atoms with van der Waals surface area (Å²) in [5.74, 6) is 1.97. The topological polar surface area (TPSA) is 67.8 Å². The predicted molar refractivity (Wildman–Crippen MR) is 94.9 cm³/mol. The van der Waals surface area contributed by atoms with Gasteiger partial charge in [-0.3, -0.25) is 4.79 Å². The molecule has 0 aromatic heterocycles. The molecule has 1 rings (SSSR count). The van der Waals surface area contributed by atoms with Crippen LogP contribution >= 0.6 is 0 Å². The minimum Gasteiger partial charge on any atom is -0.504 e. The summed E-state index contributed by atoms with van der Waals surface area (Å²) < 4.78 is 10.4. The Balaban J connectivity index is 2.30. The molecule has 2 N–H and O–H groups in total. The molecule has 134 valence electrons. The van der Waals surface area contributed by atoms with E-state index in [1.54, 1.807) is 25.3 Å². The molecule has 0 bridgehead atoms. The van der Waals surface area contributed by atoms with Crippen LogP contribution in [-0.4, -0.2) is 25.2 Å². The number of unbranched alkanes of at least 4 members (excludes halogenated alkanes) is 1. The van der Waals surface area contributed by atoms with E-state index >= 15 is 0 Å². The predicted octanol–water partition coefficient (Wildman–Crippen LogP) is 3.76. The van der Waals surface area contributed by atoms with Gasteiger partial charge < -0.3 is 19.9 Å². The summed E-state index contributed by atoms with van der Waals surface area (Å²) >= 11 is 0. The van der Waals surface area contributed by atoms with Crippen LogP contribution in [0.3, 0.4) is 0 Å². The second kappa shape index (κ2) is 10.6. The first-order valence-electron chi connectivity index (χ1n) is 8.33. The fraction of sp³-hybridized carbons (Fsp3) is 0.526. The van der Waals surface area contributed by atoms with E-state index in [0.717, 1.165) is 30.6 Å². The highest BCUT2D eigenvalue weighted by molar-refractivity contribution is 5.75.